The van der Waals surface area contributed by atoms with Crippen molar-refractivity contribution < 1.29 is 8.42 Å². The molecule has 1 aromatic rings. The molecule has 7 heteroatoms. The highest BCUT2D eigenvalue weighted by Crippen LogP contribution is 2.38. The second kappa shape index (κ2) is 5.74. The Hall–Kier alpha value is -0.0700. The monoisotopic (exact) mass is 383 g/mol. The summed E-state index contributed by atoms with van der Waals surface area (Å²) in [5.41, 5.74) is 0. The molecule has 2 rings (SSSR count). The van der Waals surface area contributed by atoms with Crippen molar-refractivity contribution in [3.05, 3.63) is 39.3 Å². The predicted molar refractivity (Wildman–Crippen MR) is 81.3 cm³/mol. The predicted octanol–water partition coefficient (Wildman–Crippen LogP) is 4.10. The van der Waals surface area contributed by atoms with E-state index in [1.54, 1.807) is 6.08 Å². The van der Waals surface area contributed by atoms with Crippen LogP contribution >= 0.6 is 39.1 Å². The van der Waals surface area contributed by atoms with Gasteiger partial charge in [0.05, 0.1) is 10.0 Å². The summed E-state index contributed by atoms with van der Waals surface area (Å²) in [6, 6.07) is 3.08. The molecule has 3 nitrogen and oxygen atoms in total. The van der Waals surface area contributed by atoms with Gasteiger partial charge in [0.2, 0.25) is 10.0 Å². The normalized spacial score (nSPS) is 15.8. The molecule has 1 aliphatic carbocycles. The minimum Gasteiger partial charge on any atom is -0.207 e. The molecule has 0 saturated heterocycles. The zero-order valence-electron chi connectivity index (χ0n) is 9.94. The number of benzene rings is 1. The van der Waals surface area contributed by atoms with Crippen molar-refractivity contribution in [2.75, 3.05) is 6.54 Å². The van der Waals surface area contributed by atoms with E-state index >= 15 is 0 Å². The maximum Gasteiger partial charge on any atom is 0.246 e. The fourth-order valence-corrected chi connectivity index (χ4v) is 5.37. The number of rotatable bonds is 5. The van der Waals surface area contributed by atoms with Gasteiger partial charge in [0.15, 0.2) is 0 Å². The fraction of sp³-hybridized carbons (Fsp3) is 0.333. The van der Waals surface area contributed by atoms with Crippen molar-refractivity contribution >= 4 is 49.2 Å². The minimum absolute atomic E-state index is 0.0266. The Morgan fingerprint density at radius 2 is 1.89 bits per heavy atom. The van der Waals surface area contributed by atoms with Gasteiger partial charge >= 0.3 is 0 Å². The standard InChI is InChI=1S/C12H12BrCl2NO2S/c1-2-5-16(9-3-4-9)19(17,18)12-10(14)6-8(13)7-11(12)15/h2,6-7,9H,1,3-5H2. The van der Waals surface area contributed by atoms with E-state index in [2.05, 4.69) is 22.5 Å². The fourth-order valence-electron chi connectivity index (χ4n) is 1.83. The van der Waals surface area contributed by atoms with Crippen LogP contribution in [0.3, 0.4) is 0 Å². The van der Waals surface area contributed by atoms with Gasteiger partial charge in [0.25, 0.3) is 0 Å². The topological polar surface area (TPSA) is 37.4 Å². The van der Waals surface area contributed by atoms with Crippen LogP contribution < -0.4 is 0 Å². The minimum atomic E-state index is -3.70. The lowest BCUT2D eigenvalue weighted by Gasteiger charge is -2.21. The van der Waals surface area contributed by atoms with Crippen molar-refractivity contribution in [1.29, 1.82) is 0 Å². The quantitative estimate of drug-likeness (QED) is 0.716. The van der Waals surface area contributed by atoms with E-state index in [1.807, 2.05) is 0 Å². The molecule has 0 radical (unpaired) electrons. The van der Waals surface area contributed by atoms with E-state index in [4.69, 9.17) is 23.2 Å². The summed E-state index contributed by atoms with van der Waals surface area (Å²) in [5.74, 6) is 0. The third kappa shape index (κ3) is 3.16. The average Bonchev–Trinajstić information content (AvgIpc) is 3.07. The van der Waals surface area contributed by atoms with E-state index in [9.17, 15) is 8.42 Å². The van der Waals surface area contributed by atoms with E-state index < -0.39 is 10.0 Å². The SMILES string of the molecule is C=CCN(C1CC1)S(=O)(=O)c1c(Cl)cc(Br)cc1Cl. The summed E-state index contributed by atoms with van der Waals surface area (Å²) in [7, 11) is -3.70. The van der Waals surface area contributed by atoms with Crippen LogP contribution in [0.5, 0.6) is 0 Å². The highest BCUT2D eigenvalue weighted by Gasteiger charge is 2.39. The number of halogens is 3. The first-order valence-corrected chi connectivity index (χ1v) is 8.64. The first kappa shape index (κ1) is 15.3. The van der Waals surface area contributed by atoms with Crippen LogP contribution in [0.4, 0.5) is 0 Å². The lowest BCUT2D eigenvalue weighted by Crippen LogP contribution is -2.33. The molecule has 0 aromatic heterocycles. The Morgan fingerprint density at radius 1 is 1.37 bits per heavy atom. The van der Waals surface area contributed by atoms with Crippen LogP contribution in [-0.2, 0) is 10.0 Å². The second-order valence-corrected chi connectivity index (χ2v) is 7.85. The van der Waals surface area contributed by atoms with Crippen molar-refractivity contribution in [1.82, 2.24) is 4.31 Å². The molecule has 1 aliphatic rings. The number of hydrogen-bond acceptors (Lipinski definition) is 2. The van der Waals surface area contributed by atoms with Crippen LogP contribution in [0.25, 0.3) is 0 Å². The Bertz CT molecular complexity index is 591. The third-order valence-electron chi connectivity index (χ3n) is 2.79. The number of nitrogens with zero attached hydrogens (tertiary/aromatic N) is 1. The summed E-state index contributed by atoms with van der Waals surface area (Å²) in [5, 5.41) is 0.239. The van der Waals surface area contributed by atoms with Crippen LogP contribution in [0, 0.1) is 0 Å². The molecule has 0 bridgehead atoms. The number of hydrogen-bond donors (Lipinski definition) is 0. The van der Waals surface area contributed by atoms with E-state index in [0.717, 1.165) is 12.8 Å². The molecule has 19 heavy (non-hydrogen) atoms. The zero-order chi connectivity index (χ0) is 14.2. The zero-order valence-corrected chi connectivity index (χ0v) is 13.9. The molecule has 0 unspecified atom stereocenters. The summed E-state index contributed by atoms with van der Waals surface area (Å²) >= 11 is 15.3. The number of sulfonamides is 1. The maximum absolute atomic E-state index is 12.7. The molecule has 1 saturated carbocycles. The van der Waals surface area contributed by atoms with E-state index in [0.29, 0.717) is 4.47 Å². The molecule has 0 amide bonds. The molecule has 104 valence electrons. The third-order valence-corrected chi connectivity index (χ3v) is 6.09. The van der Waals surface area contributed by atoms with Crippen molar-refractivity contribution in [2.24, 2.45) is 0 Å². The summed E-state index contributed by atoms with van der Waals surface area (Å²) in [4.78, 5) is -0.0345. The smallest absolute Gasteiger partial charge is 0.207 e. The molecular weight excluding hydrogens is 373 g/mol. The molecular formula is C12H12BrCl2NO2S. The van der Waals surface area contributed by atoms with Gasteiger partial charge in [-0.15, -0.1) is 6.58 Å². The van der Waals surface area contributed by atoms with Gasteiger partial charge in [-0.2, -0.15) is 4.31 Å². The molecule has 0 spiro atoms. The Kier molecular flexibility index (Phi) is 4.63. The maximum atomic E-state index is 12.7. The summed E-state index contributed by atoms with van der Waals surface area (Å²) in [6.07, 6.45) is 3.29. The van der Waals surface area contributed by atoms with Gasteiger partial charge in [-0.05, 0) is 25.0 Å². The summed E-state index contributed by atoms with van der Waals surface area (Å²) in [6.45, 7) is 3.86. The van der Waals surface area contributed by atoms with Gasteiger partial charge in [-0.25, -0.2) is 8.42 Å². The average molecular weight is 385 g/mol. The lowest BCUT2D eigenvalue weighted by atomic mass is 10.4. The van der Waals surface area contributed by atoms with Gasteiger partial charge in [-0.3, -0.25) is 0 Å². The first-order valence-electron chi connectivity index (χ1n) is 5.65. The van der Waals surface area contributed by atoms with Crippen LogP contribution in [0.1, 0.15) is 12.8 Å². The van der Waals surface area contributed by atoms with Crippen LogP contribution in [0.15, 0.2) is 34.2 Å². The van der Waals surface area contributed by atoms with Gasteiger partial charge < -0.3 is 0 Å². The Balaban J connectivity index is 2.52. The Morgan fingerprint density at radius 3 is 2.32 bits per heavy atom. The van der Waals surface area contributed by atoms with Crippen LogP contribution in [-0.4, -0.2) is 25.3 Å². The lowest BCUT2D eigenvalue weighted by molar-refractivity contribution is 0.436. The first-order chi connectivity index (χ1) is 8.87. The summed E-state index contributed by atoms with van der Waals surface area (Å²) < 4.78 is 27.3. The largest absolute Gasteiger partial charge is 0.246 e. The van der Waals surface area contributed by atoms with Crippen molar-refractivity contribution in [2.45, 2.75) is 23.8 Å². The van der Waals surface area contributed by atoms with Gasteiger partial charge in [-0.1, -0.05) is 45.2 Å². The molecule has 1 aromatic carbocycles. The highest BCUT2D eigenvalue weighted by molar-refractivity contribution is 9.10. The molecule has 0 N–H and O–H groups in total. The van der Waals surface area contributed by atoms with Gasteiger partial charge in [0, 0.05) is 17.1 Å². The van der Waals surface area contributed by atoms with Crippen molar-refractivity contribution in [3.63, 3.8) is 0 Å². The van der Waals surface area contributed by atoms with Crippen molar-refractivity contribution in [3.8, 4) is 0 Å². The highest BCUT2D eigenvalue weighted by atomic mass is 79.9. The van der Waals surface area contributed by atoms with E-state index in [-0.39, 0.29) is 27.5 Å². The molecule has 0 heterocycles. The molecule has 0 aliphatic heterocycles. The molecule has 0 atom stereocenters. The van der Waals surface area contributed by atoms with E-state index in [1.165, 1.54) is 16.4 Å². The van der Waals surface area contributed by atoms with Gasteiger partial charge in [0.1, 0.15) is 4.90 Å². The second-order valence-electron chi connectivity index (χ2n) is 4.29. The Labute approximate surface area is 131 Å². The van der Waals surface area contributed by atoms with Crippen LogP contribution in [0.2, 0.25) is 10.0 Å². The molecule has 1 fully saturated rings.